The summed E-state index contributed by atoms with van der Waals surface area (Å²) >= 11 is 0. The Bertz CT molecular complexity index is 189. The molecule has 0 aromatic carbocycles. The summed E-state index contributed by atoms with van der Waals surface area (Å²) in [7, 11) is 0. The first kappa shape index (κ1) is 8.48. The number of piperidine rings is 1. The lowest BCUT2D eigenvalue weighted by atomic mass is 9.81. The van der Waals surface area contributed by atoms with E-state index in [9.17, 15) is 0 Å². The Morgan fingerprint density at radius 2 is 1.33 bits per heavy atom. The Balaban J connectivity index is 2.32. The van der Waals surface area contributed by atoms with Gasteiger partial charge in [0.1, 0.15) is 0 Å². The maximum absolute atomic E-state index is 5.20. The molecule has 0 amide bonds. The molecule has 2 rings (SSSR count). The fourth-order valence-corrected chi connectivity index (χ4v) is 2.50. The summed E-state index contributed by atoms with van der Waals surface area (Å²) in [4.78, 5) is 10.8. The van der Waals surface area contributed by atoms with Gasteiger partial charge in [0.05, 0.1) is 9.98 Å². The molecule has 0 aromatic heterocycles. The van der Waals surface area contributed by atoms with Gasteiger partial charge in [0.2, 0.25) is 0 Å². The number of nitrogens with zero attached hydrogens (tertiary/aromatic N) is 1. The van der Waals surface area contributed by atoms with Gasteiger partial charge in [0, 0.05) is 17.7 Å². The zero-order valence-electron chi connectivity index (χ0n) is 8.39. The van der Waals surface area contributed by atoms with Crippen LogP contribution in [0, 0.1) is 0 Å². The quantitative estimate of drug-likeness (QED) is 0.318. The summed E-state index contributed by atoms with van der Waals surface area (Å²) in [6, 6.07) is 0. The van der Waals surface area contributed by atoms with Crippen molar-refractivity contribution in [3.8, 4) is 0 Å². The lowest BCUT2D eigenvalue weighted by molar-refractivity contribution is -1.06. The van der Waals surface area contributed by atoms with Gasteiger partial charge in [0.25, 0.3) is 0 Å². The van der Waals surface area contributed by atoms with Crippen molar-refractivity contribution < 1.29 is 14.8 Å². The second-order valence-corrected chi connectivity index (χ2v) is 5.18. The summed E-state index contributed by atoms with van der Waals surface area (Å²) in [6.45, 7) is 8.84. The van der Waals surface area contributed by atoms with E-state index in [1.807, 2.05) is 0 Å². The Kier molecular flexibility index (Phi) is 1.43. The van der Waals surface area contributed by atoms with Gasteiger partial charge in [-0.2, -0.15) is 0 Å². The smallest absolute Gasteiger partial charge is 0.0410 e. The minimum absolute atomic E-state index is 0.113. The first-order valence-corrected chi connectivity index (χ1v) is 4.69. The number of quaternary nitrogens is 1. The zero-order chi connectivity index (χ0) is 9.04. The molecule has 0 saturated carbocycles. The van der Waals surface area contributed by atoms with Gasteiger partial charge in [0.15, 0.2) is 11.1 Å². The van der Waals surface area contributed by atoms with Gasteiger partial charge >= 0.3 is 0 Å². The van der Waals surface area contributed by atoms with Crippen LogP contribution in [0.4, 0.5) is 0 Å². The van der Waals surface area contributed by atoms with Gasteiger partial charge in [-0.25, -0.2) is 0 Å². The van der Waals surface area contributed by atoms with E-state index in [1.54, 1.807) is 0 Å². The van der Waals surface area contributed by atoms with Gasteiger partial charge in [-0.3, -0.25) is 0 Å². The fraction of sp³-hybridized carbons (Fsp3) is 1.00. The number of hydrogen-bond donors (Lipinski definition) is 0. The maximum Gasteiger partial charge on any atom is 0.164 e. The Morgan fingerprint density at radius 1 is 0.917 bits per heavy atom. The van der Waals surface area contributed by atoms with Crippen LogP contribution in [0.2, 0.25) is 0 Å². The molecule has 0 N–H and O–H groups in total. The molecular weight excluding hydrogens is 154 g/mol. The number of hydroxylamine groups is 4. The minimum Gasteiger partial charge on any atom is -0.0410 e. The van der Waals surface area contributed by atoms with Gasteiger partial charge in [-0.1, -0.05) is 0 Å². The average molecular weight is 172 g/mol. The van der Waals surface area contributed by atoms with E-state index in [0.717, 1.165) is 0 Å². The number of hydrogen-bond acceptors (Lipinski definition) is 2. The van der Waals surface area contributed by atoms with E-state index in [0.29, 0.717) is 4.81 Å². The number of rotatable bonds is 0. The monoisotopic (exact) mass is 172 g/mol. The molecule has 0 aliphatic carbocycles. The molecule has 1 spiro atoms. The molecule has 0 atom stereocenters. The van der Waals surface area contributed by atoms with Crippen molar-refractivity contribution in [3.63, 3.8) is 0 Å². The zero-order valence-corrected chi connectivity index (χ0v) is 8.39. The Hall–Kier alpha value is -0.120. The second-order valence-electron chi connectivity index (χ2n) is 5.18. The highest BCUT2D eigenvalue weighted by Gasteiger charge is 2.74. The minimum atomic E-state index is 0.113. The summed E-state index contributed by atoms with van der Waals surface area (Å²) in [6.07, 6.45) is 3.62. The van der Waals surface area contributed by atoms with E-state index in [-0.39, 0.29) is 11.1 Å². The lowest BCUT2D eigenvalue weighted by Crippen LogP contribution is -2.60. The van der Waals surface area contributed by atoms with Crippen LogP contribution >= 0.6 is 0 Å². The van der Waals surface area contributed by atoms with Crippen LogP contribution in [0.1, 0.15) is 47.0 Å². The molecule has 2 fully saturated rings. The highest BCUT2D eigenvalue weighted by molar-refractivity contribution is 4.82. The van der Waals surface area contributed by atoms with Crippen LogP contribution in [0.3, 0.4) is 0 Å². The van der Waals surface area contributed by atoms with E-state index in [4.69, 9.17) is 9.98 Å². The molecule has 0 aromatic rings. The molecule has 2 saturated heterocycles. The Labute approximate surface area is 73.7 Å². The molecule has 3 nitrogen and oxygen atoms in total. The molecule has 2 heterocycles. The predicted octanol–water partition coefficient (Wildman–Crippen LogP) is 2.34. The molecule has 12 heavy (non-hydrogen) atoms. The highest BCUT2D eigenvalue weighted by Crippen LogP contribution is 2.53. The summed E-state index contributed by atoms with van der Waals surface area (Å²) < 4.78 is 0. The highest BCUT2D eigenvalue weighted by atomic mass is 17.6. The van der Waals surface area contributed by atoms with E-state index in [2.05, 4.69) is 27.7 Å². The summed E-state index contributed by atoms with van der Waals surface area (Å²) in [5.74, 6) is 0. The van der Waals surface area contributed by atoms with E-state index < -0.39 is 0 Å². The normalized spacial score (nSPS) is 35.0. The molecule has 70 valence electrons. The van der Waals surface area contributed by atoms with Crippen molar-refractivity contribution in [1.29, 1.82) is 0 Å². The lowest BCUT2D eigenvalue weighted by Gasteiger charge is -2.39. The average Bonchev–Trinajstić information content (AvgIpc) is 2.61. The van der Waals surface area contributed by atoms with Crippen LogP contribution in [0.15, 0.2) is 0 Å². The maximum atomic E-state index is 5.20. The van der Waals surface area contributed by atoms with E-state index >= 15 is 0 Å². The molecule has 3 heteroatoms. The predicted molar refractivity (Wildman–Crippen MR) is 44.4 cm³/mol. The fourth-order valence-electron chi connectivity index (χ4n) is 2.50. The summed E-state index contributed by atoms with van der Waals surface area (Å²) in [5.41, 5.74) is 0.226. The molecule has 2 aliphatic heterocycles. The SMILES string of the molecule is CC1(C)CCCC(C)(C)[N+]12OO2. The van der Waals surface area contributed by atoms with Gasteiger partial charge in [-0.15, -0.1) is 0 Å². The van der Waals surface area contributed by atoms with Crippen molar-refractivity contribution in [1.82, 2.24) is 0 Å². The Morgan fingerprint density at radius 3 is 1.58 bits per heavy atom. The van der Waals surface area contributed by atoms with Crippen LogP contribution in [0.5, 0.6) is 0 Å². The van der Waals surface area contributed by atoms with Crippen molar-refractivity contribution >= 4 is 0 Å². The topological polar surface area (TPSA) is 25.1 Å². The molecule has 0 bridgehead atoms. The van der Waals surface area contributed by atoms with E-state index in [1.165, 1.54) is 19.3 Å². The van der Waals surface area contributed by atoms with Crippen molar-refractivity contribution in [2.75, 3.05) is 0 Å². The van der Waals surface area contributed by atoms with Crippen LogP contribution in [-0.2, 0) is 9.98 Å². The largest absolute Gasteiger partial charge is 0.164 e. The van der Waals surface area contributed by atoms with Crippen LogP contribution in [-0.4, -0.2) is 15.9 Å². The van der Waals surface area contributed by atoms with Crippen LogP contribution < -0.4 is 0 Å². The van der Waals surface area contributed by atoms with Gasteiger partial charge < -0.3 is 0 Å². The van der Waals surface area contributed by atoms with Crippen molar-refractivity contribution in [3.05, 3.63) is 0 Å². The molecule has 0 radical (unpaired) electrons. The second kappa shape index (κ2) is 2.03. The molecular formula is C9H18NO2+. The van der Waals surface area contributed by atoms with Crippen molar-refractivity contribution in [2.45, 2.75) is 58.0 Å². The third-order valence-corrected chi connectivity index (χ3v) is 3.39. The molecule has 2 aliphatic rings. The first-order valence-electron chi connectivity index (χ1n) is 4.69. The van der Waals surface area contributed by atoms with Gasteiger partial charge in [-0.05, 0) is 34.1 Å². The first-order chi connectivity index (χ1) is 5.41. The van der Waals surface area contributed by atoms with Crippen molar-refractivity contribution in [2.24, 2.45) is 0 Å². The third-order valence-electron chi connectivity index (χ3n) is 3.39. The van der Waals surface area contributed by atoms with Crippen LogP contribution in [0.25, 0.3) is 0 Å². The molecule has 0 unspecified atom stereocenters. The third kappa shape index (κ3) is 0.817. The summed E-state index contributed by atoms with van der Waals surface area (Å²) in [5, 5.41) is 0. The standard InChI is InChI=1S/C9H18NO2/c1-8(2)6-5-7-9(3,4)10(8)11-12-10/h5-7H2,1-4H3/q+1.